The van der Waals surface area contributed by atoms with E-state index in [0.29, 0.717) is 6.54 Å². The van der Waals surface area contributed by atoms with Crippen molar-refractivity contribution in [1.29, 1.82) is 0 Å². The molecule has 2 aliphatic rings. The Hall–Kier alpha value is -2.64. The van der Waals surface area contributed by atoms with Gasteiger partial charge in [-0.25, -0.2) is 0 Å². The van der Waals surface area contributed by atoms with Crippen LogP contribution in [0.1, 0.15) is 83.9 Å². The molecule has 6 nitrogen and oxygen atoms in total. The number of carbonyl (C=O) groups is 2. The normalized spacial score (nSPS) is 20.1. The van der Waals surface area contributed by atoms with Crippen LogP contribution >= 0.6 is 0 Å². The average molecular weight is 490 g/mol. The molecule has 1 aliphatic heterocycles. The monoisotopic (exact) mass is 490 g/mol. The molecule has 7 heteroatoms. The second-order valence-electron chi connectivity index (χ2n) is 11.1. The lowest BCUT2D eigenvalue weighted by atomic mass is 9.78. The Kier molecular flexibility index (Phi) is 7.91. The van der Waals surface area contributed by atoms with Crippen LogP contribution in [0, 0.1) is 0 Å². The molecule has 192 valence electrons. The Labute approximate surface area is 215 Å². The van der Waals surface area contributed by atoms with E-state index in [9.17, 15) is 9.59 Å². The molecule has 4 rings (SSSR count). The molecule has 0 bridgehead atoms. The summed E-state index contributed by atoms with van der Waals surface area (Å²) in [5.41, 5.74) is 1.78. The van der Waals surface area contributed by atoms with Crippen molar-refractivity contribution in [3.63, 3.8) is 0 Å². The summed E-state index contributed by atoms with van der Waals surface area (Å²) < 4.78 is 12.4. The fourth-order valence-electron chi connectivity index (χ4n) is 4.98. The highest BCUT2D eigenvalue weighted by Gasteiger charge is 2.51. The van der Waals surface area contributed by atoms with Crippen LogP contribution in [0.2, 0.25) is 0 Å². The zero-order valence-corrected chi connectivity index (χ0v) is 22.3. The van der Waals surface area contributed by atoms with Crippen molar-refractivity contribution in [3.05, 3.63) is 65.7 Å². The number of carbonyl (C=O) groups excluding carboxylic acids is 2. The zero-order chi connectivity index (χ0) is 25.9. The molecule has 2 aromatic carbocycles. The summed E-state index contributed by atoms with van der Waals surface area (Å²) in [4.78, 5) is 28.3. The van der Waals surface area contributed by atoms with Crippen molar-refractivity contribution in [2.24, 2.45) is 0 Å². The van der Waals surface area contributed by atoms with E-state index < -0.39 is 24.4 Å². The topological polar surface area (TPSA) is 67.9 Å². The first kappa shape index (κ1) is 26.4. The second-order valence-corrected chi connectivity index (χ2v) is 11.1. The van der Waals surface area contributed by atoms with Crippen LogP contribution in [0.5, 0.6) is 0 Å². The minimum atomic E-state index is -0.725. The molecule has 2 amide bonds. The van der Waals surface area contributed by atoms with Gasteiger partial charge in [-0.3, -0.25) is 9.59 Å². The number of hydrogen-bond donors (Lipinski definition) is 1. The average Bonchev–Trinajstić information content (AvgIpc) is 3.07. The highest BCUT2D eigenvalue weighted by Crippen LogP contribution is 2.36. The molecule has 1 aliphatic carbocycles. The van der Waals surface area contributed by atoms with Gasteiger partial charge >= 0.3 is 7.12 Å². The molecular formula is C29H39BN2O4. The van der Waals surface area contributed by atoms with E-state index in [1.165, 1.54) is 13.3 Å². The first-order chi connectivity index (χ1) is 17.1. The Bertz CT molecular complexity index is 1030. The number of amides is 2. The number of rotatable bonds is 7. The summed E-state index contributed by atoms with van der Waals surface area (Å²) in [6, 6.07) is 17.0. The third-order valence-electron chi connectivity index (χ3n) is 7.89. The number of hydrogen-bond acceptors (Lipinski definition) is 4. The summed E-state index contributed by atoms with van der Waals surface area (Å²) in [6.07, 6.45) is 5.43. The van der Waals surface area contributed by atoms with Gasteiger partial charge in [0.25, 0.3) is 0 Å². The van der Waals surface area contributed by atoms with Gasteiger partial charge in [-0.15, -0.1) is 0 Å². The fraction of sp³-hybridized carbons (Fsp3) is 0.517. The largest absolute Gasteiger partial charge is 0.494 e. The van der Waals surface area contributed by atoms with E-state index in [4.69, 9.17) is 9.31 Å². The molecule has 1 saturated carbocycles. The molecule has 2 fully saturated rings. The van der Waals surface area contributed by atoms with Gasteiger partial charge in [0.2, 0.25) is 11.8 Å². The molecule has 0 spiro atoms. The molecule has 1 atom stereocenters. The van der Waals surface area contributed by atoms with Gasteiger partial charge < -0.3 is 19.5 Å². The summed E-state index contributed by atoms with van der Waals surface area (Å²) in [7, 11) is -0.480. The summed E-state index contributed by atoms with van der Waals surface area (Å²) in [5, 5.41) is 3.25. The molecule has 1 heterocycles. The van der Waals surface area contributed by atoms with Crippen molar-refractivity contribution in [2.75, 3.05) is 0 Å². The maximum atomic E-state index is 13.7. The van der Waals surface area contributed by atoms with E-state index >= 15 is 0 Å². The van der Waals surface area contributed by atoms with Crippen LogP contribution in [0.3, 0.4) is 0 Å². The standard InChI is InChI=1S/C29H39BN2O4/c1-21(33)32(20-22-12-8-6-9-13-22)26(27(34)31-25-14-10-7-11-15-25)23-16-18-24(19-17-23)30-35-28(2,3)29(4,5)36-30/h6,8-9,12-13,16-19,25-26H,7,10-11,14-15,20H2,1-5H3,(H,31,34). The molecule has 0 radical (unpaired) electrons. The Morgan fingerprint density at radius 2 is 1.53 bits per heavy atom. The van der Waals surface area contributed by atoms with Gasteiger partial charge in [0.05, 0.1) is 11.2 Å². The van der Waals surface area contributed by atoms with Crippen LogP contribution in [-0.4, -0.2) is 41.1 Å². The summed E-state index contributed by atoms with van der Waals surface area (Å²) in [5.74, 6) is -0.269. The minimum Gasteiger partial charge on any atom is -0.399 e. The zero-order valence-electron chi connectivity index (χ0n) is 22.3. The lowest BCUT2D eigenvalue weighted by Crippen LogP contribution is -2.46. The molecule has 2 aromatic rings. The third-order valence-corrected chi connectivity index (χ3v) is 7.89. The first-order valence-electron chi connectivity index (χ1n) is 13.1. The van der Waals surface area contributed by atoms with Crippen LogP contribution in [-0.2, 0) is 25.4 Å². The lowest BCUT2D eigenvalue weighted by Gasteiger charge is -2.33. The molecule has 1 unspecified atom stereocenters. The molecular weight excluding hydrogens is 451 g/mol. The first-order valence-corrected chi connectivity index (χ1v) is 13.1. The van der Waals surface area contributed by atoms with Crippen molar-refractivity contribution in [2.45, 2.75) is 96.6 Å². The number of benzene rings is 2. The second kappa shape index (κ2) is 10.8. The van der Waals surface area contributed by atoms with E-state index in [1.807, 2.05) is 82.3 Å². The van der Waals surface area contributed by atoms with Crippen molar-refractivity contribution in [1.82, 2.24) is 10.2 Å². The van der Waals surface area contributed by atoms with E-state index in [0.717, 1.165) is 42.3 Å². The third kappa shape index (κ3) is 5.84. The molecule has 1 N–H and O–H groups in total. The van der Waals surface area contributed by atoms with E-state index in [-0.39, 0.29) is 17.9 Å². The number of nitrogens with zero attached hydrogens (tertiary/aromatic N) is 1. The highest BCUT2D eigenvalue weighted by atomic mass is 16.7. The van der Waals surface area contributed by atoms with Gasteiger partial charge in [0.1, 0.15) is 6.04 Å². The van der Waals surface area contributed by atoms with Gasteiger partial charge in [0.15, 0.2) is 0 Å². The Morgan fingerprint density at radius 1 is 0.944 bits per heavy atom. The predicted molar refractivity (Wildman–Crippen MR) is 143 cm³/mol. The SMILES string of the molecule is CC(=O)N(Cc1ccccc1)C(C(=O)NC1CCCCC1)c1ccc(B2OC(C)(C)C(C)(C)O2)cc1. The fourth-order valence-corrected chi connectivity index (χ4v) is 4.98. The highest BCUT2D eigenvalue weighted by molar-refractivity contribution is 6.62. The Morgan fingerprint density at radius 3 is 2.08 bits per heavy atom. The van der Waals surface area contributed by atoms with E-state index in [1.54, 1.807) is 4.90 Å². The van der Waals surface area contributed by atoms with Gasteiger partial charge in [0, 0.05) is 19.5 Å². The quantitative estimate of drug-likeness (QED) is 0.580. The van der Waals surface area contributed by atoms with Crippen LogP contribution in [0.4, 0.5) is 0 Å². The Balaban J connectivity index is 1.62. The molecule has 1 saturated heterocycles. The predicted octanol–water partition coefficient (Wildman–Crippen LogP) is 4.52. The van der Waals surface area contributed by atoms with Crippen LogP contribution in [0.25, 0.3) is 0 Å². The molecule has 0 aromatic heterocycles. The summed E-state index contributed by atoms with van der Waals surface area (Å²) >= 11 is 0. The van der Waals surface area contributed by atoms with Crippen LogP contribution in [0.15, 0.2) is 54.6 Å². The van der Waals surface area contributed by atoms with Gasteiger partial charge in [-0.05, 0) is 57.1 Å². The molecule has 36 heavy (non-hydrogen) atoms. The van der Waals surface area contributed by atoms with Gasteiger partial charge in [-0.2, -0.15) is 0 Å². The van der Waals surface area contributed by atoms with Crippen molar-refractivity contribution < 1.29 is 18.9 Å². The maximum absolute atomic E-state index is 13.7. The van der Waals surface area contributed by atoms with Gasteiger partial charge in [-0.1, -0.05) is 73.9 Å². The van der Waals surface area contributed by atoms with E-state index in [2.05, 4.69) is 5.32 Å². The maximum Gasteiger partial charge on any atom is 0.494 e. The van der Waals surface area contributed by atoms with Crippen LogP contribution < -0.4 is 10.8 Å². The minimum absolute atomic E-state index is 0.128. The number of nitrogens with one attached hydrogen (secondary N) is 1. The van der Waals surface area contributed by atoms with Crippen molar-refractivity contribution in [3.8, 4) is 0 Å². The van der Waals surface area contributed by atoms with Crippen molar-refractivity contribution >= 4 is 24.4 Å². The lowest BCUT2D eigenvalue weighted by molar-refractivity contribution is -0.140. The smallest absolute Gasteiger partial charge is 0.399 e. The summed E-state index contributed by atoms with van der Waals surface area (Å²) in [6.45, 7) is 10.0.